The summed E-state index contributed by atoms with van der Waals surface area (Å²) in [5.74, 6) is -0.110. The molecule has 0 aromatic heterocycles. The number of rotatable bonds is 44. The Morgan fingerprint density at radius 3 is 1.26 bits per heavy atom. The summed E-state index contributed by atoms with van der Waals surface area (Å²) < 4.78 is 5.46. The Balaban J connectivity index is 3.44. The minimum absolute atomic E-state index is 0.0173. The van der Waals surface area contributed by atoms with Gasteiger partial charge in [0.15, 0.2) is 0 Å². The molecule has 2 atom stereocenters. The predicted molar refractivity (Wildman–Crippen MR) is 232 cm³/mol. The molecule has 0 saturated heterocycles. The van der Waals surface area contributed by atoms with Crippen molar-refractivity contribution in [3.8, 4) is 0 Å². The number of carbonyl (C=O) groups is 2. The van der Waals surface area contributed by atoms with Crippen LogP contribution in [0.2, 0.25) is 0 Å². The first-order chi connectivity index (χ1) is 26.5. The summed E-state index contributed by atoms with van der Waals surface area (Å²) in [5, 5.41) is 22.8. The molecule has 0 radical (unpaired) electrons. The summed E-state index contributed by atoms with van der Waals surface area (Å²) in [5.41, 5.74) is 0. The van der Waals surface area contributed by atoms with Gasteiger partial charge in [-0.25, -0.2) is 0 Å². The number of hydrogen-bond donors (Lipinski definition) is 3. The molecule has 0 aliphatic rings. The lowest BCUT2D eigenvalue weighted by molar-refractivity contribution is -0.143. The zero-order chi connectivity index (χ0) is 39.4. The molecule has 6 heteroatoms. The molecule has 0 aromatic carbocycles. The number of hydrogen-bond acceptors (Lipinski definition) is 5. The van der Waals surface area contributed by atoms with Crippen molar-refractivity contribution in [1.29, 1.82) is 0 Å². The zero-order valence-corrected chi connectivity index (χ0v) is 36.2. The molecule has 0 heterocycles. The third kappa shape index (κ3) is 40.3. The van der Waals surface area contributed by atoms with Crippen LogP contribution in [-0.4, -0.2) is 47.4 Å². The second kappa shape index (κ2) is 44.3. The first-order valence-corrected chi connectivity index (χ1v) is 24.0. The van der Waals surface area contributed by atoms with Crippen LogP contribution >= 0.6 is 0 Å². The van der Waals surface area contributed by atoms with Crippen LogP contribution in [0.25, 0.3) is 0 Å². The average molecular weight is 764 g/mol. The van der Waals surface area contributed by atoms with E-state index in [1.165, 1.54) is 173 Å². The molecule has 6 nitrogen and oxygen atoms in total. The number of aliphatic hydroxyl groups is 2. The highest BCUT2D eigenvalue weighted by atomic mass is 16.5. The van der Waals surface area contributed by atoms with E-state index in [0.717, 1.165) is 57.8 Å². The molecule has 0 aliphatic heterocycles. The molecular weight excluding hydrogens is 671 g/mol. The predicted octanol–water partition coefficient (Wildman–Crippen LogP) is 13.8. The molecule has 0 saturated carbocycles. The van der Waals surface area contributed by atoms with Gasteiger partial charge in [-0.2, -0.15) is 0 Å². The fourth-order valence-electron chi connectivity index (χ4n) is 7.34. The summed E-state index contributed by atoms with van der Waals surface area (Å²) in [6.45, 7) is 4.82. The van der Waals surface area contributed by atoms with Crippen molar-refractivity contribution in [1.82, 2.24) is 5.32 Å². The van der Waals surface area contributed by atoms with Crippen LogP contribution in [0, 0.1) is 0 Å². The van der Waals surface area contributed by atoms with Gasteiger partial charge in [0.2, 0.25) is 5.91 Å². The molecule has 54 heavy (non-hydrogen) atoms. The molecule has 0 spiro atoms. The van der Waals surface area contributed by atoms with Crippen LogP contribution in [-0.2, 0) is 14.3 Å². The molecule has 1 amide bonds. The normalized spacial score (nSPS) is 12.7. The van der Waals surface area contributed by atoms with Gasteiger partial charge in [0, 0.05) is 12.8 Å². The second-order valence-corrected chi connectivity index (χ2v) is 16.5. The van der Waals surface area contributed by atoms with E-state index in [4.69, 9.17) is 4.74 Å². The number of nitrogens with one attached hydrogen (secondary N) is 1. The van der Waals surface area contributed by atoms with E-state index in [-0.39, 0.29) is 18.5 Å². The van der Waals surface area contributed by atoms with Gasteiger partial charge in [-0.15, -0.1) is 0 Å². The van der Waals surface area contributed by atoms with Gasteiger partial charge in [-0.3, -0.25) is 9.59 Å². The van der Waals surface area contributed by atoms with Gasteiger partial charge in [0.1, 0.15) is 0 Å². The second-order valence-electron chi connectivity index (χ2n) is 16.5. The van der Waals surface area contributed by atoms with E-state index < -0.39 is 12.1 Å². The number of aliphatic hydroxyl groups excluding tert-OH is 2. The smallest absolute Gasteiger partial charge is 0.305 e. The Morgan fingerprint density at radius 1 is 0.500 bits per heavy atom. The van der Waals surface area contributed by atoms with Crippen LogP contribution < -0.4 is 5.32 Å². The highest BCUT2D eigenvalue weighted by molar-refractivity contribution is 5.76. The maximum absolute atomic E-state index is 12.3. The maximum atomic E-state index is 12.3. The third-order valence-electron chi connectivity index (χ3n) is 11.1. The van der Waals surface area contributed by atoms with Crippen molar-refractivity contribution in [2.24, 2.45) is 0 Å². The Hall–Kier alpha value is -1.40. The molecule has 2 unspecified atom stereocenters. The van der Waals surface area contributed by atoms with Gasteiger partial charge >= 0.3 is 5.97 Å². The van der Waals surface area contributed by atoms with Crippen LogP contribution in [0.5, 0.6) is 0 Å². The van der Waals surface area contributed by atoms with Crippen molar-refractivity contribution in [2.75, 3.05) is 13.2 Å². The fraction of sp³-hybridized carbons (Fsp3) is 0.917. The SMILES string of the molecule is CCCCCCCCC/C=C/C(O)C(CO)NC(=O)CCCCCCCCCCCCOC(=O)CCCCCCCCCCCCCCCCCCCC. The molecule has 3 N–H and O–H groups in total. The van der Waals surface area contributed by atoms with E-state index >= 15 is 0 Å². The summed E-state index contributed by atoms with van der Waals surface area (Å²) in [6.07, 6.45) is 49.2. The van der Waals surface area contributed by atoms with Crippen LogP contribution in [0.15, 0.2) is 12.2 Å². The number of ether oxygens (including phenoxy) is 1. The van der Waals surface area contributed by atoms with Crippen molar-refractivity contribution in [2.45, 2.75) is 270 Å². The topological polar surface area (TPSA) is 95.9 Å². The quantitative estimate of drug-likeness (QED) is 0.0326. The summed E-state index contributed by atoms with van der Waals surface area (Å²) >= 11 is 0. The Labute approximate surface area is 336 Å². The minimum Gasteiger partial charge on any atom is -0.466 e. The van der Waals surface area contributed by atoms with Crippen molar-refractivity contribution in [3.63, 3.8) is 0 Å². The Morgan fingerprint density at radius 2 is 0.852 bits per heavy atom. The standard InChI is InChI=1S/C48H93NO5/c1-3-5-7-9-11-13-14-15-16-17-18-19-20-21-26-30-34-38-42-48(53)54-43-39-35-31-27-23-22-25-29-33-37-41-47(52)49-45(44-50)46(51)40-36-32-28-24-12-10-8-6-4-2/h36,40,45-46,50-51H,3-35,37-39,41-44H2,1-2H3,(H,49,52)/b40-36+. The summed E-state index contributed by atoms with van der Waals surface area (Å²) in [4.78, 5) is 24.4. The summed E-state index contributed by atoms with van der Waals surface area (Å²) in [6, 6.07) is -0.641. The van der Waals surface area contributed by atoms with Gasteiger partial charge in [-0.05, 0) is 32.1 Å². The van der Waals surface area contributed by atoms with Crippen molar-refractivity contribution < 1.29 is 24.5 Å². The first-order valence-electron chi connectivity index (χ1n) is 24.0. The first kappa shape index (κ1) is 52.6. The highest BCUT2D eigenvalue weighted by Gasteiger charge is 2.18. The van der Waals surface area contributed by atoms with Gasteiger partial charge in [0.05, 0.1) is 25.4 Å². The Bertz CT molecular complexity index is 802. The maximum Gasteiger partial charge on any atom is 0.305 e. The van der Waals surface area contributed by atoms with Crippen LogP contribution in [0.4, 0.5) is 0 Å². The molecule has 0 aliphatic carbocycles. The van der Waals surface area contributed by atoms with Crippen molar-refractivity contribution >= 4 is 11.9 Å². The van der Waals surface area contributed by atoms with Crippen LogP contribution in [0.3, 0.4) is 0 Å². The fourth-order valence-corrected chi connectivity index (χ4v) is 7.34. The third-order valence-corrected chi connectivity index (χ3v) is 11.1. The highest BCUT2D eigenvalue weighted by Crippen LogP contribution is 2.16. The molecular formula is C48H93NO5. The minimum atomic E-state index is -0.855. The number of amides is 1. The van der Waals surface area contributed by atoms with Crippen molar-refractivity contribution in [3.05, 3.63) is 12.2 Å². The lowest BCUT2D eigenvalue weighted by atomic mass is 10.0. The lowest BCUT2D eigenvalue weighted by Gasteiger charge is -2.20. The summed E-state index contributed by atoms with van der Waals surface area (Å²) in [7, 11) is 0. The van der Waals surface area contributed by atoms with Crippen LogP contribution in [0.1, 0.15) is 258 Å². The van der Waals surface area contributed by atoms with Gasteiger partial charge in [-0.1, -0.05) is 225 Å². The largest absolute Gasteiger partial charge is 0.466 e. The van der Waals surface area contributed by atoms with E-state index in [1.807, 2.05) is 6.08 Å². The molecule has 320 valence electrons. The number of esters is 1. The molecule has 0 fully saturated rings. The lowest BCUT2D eigenvalue weighted by Crippen LogP contribution is -2.45. The van der Waals surface area contributed by atoms with E-state index in [9.17, 15) is 19.8 Å². The van der Waals surface area contributed by atoms with E-state index in [0.29, 0.717) is 19.4 Å². The van der Waals surface area contributed by atoms with Gasteiger partial charge < -0.3 is 20.3 Å². The number of unbranched alkanes of at least 4 members (excludes halogenated alkanes) is 33. The number of allylic oxidation sites excluding steroid dienone is 1. The molecule has 0 rings (SSSR count). The molecule has 0 aromatic rings. The Kier molecular flexibility index (Phi) is 43.2. The van der Waals surface area contributed by atoms with E-state index in [1.54, 1.807) is 6.08 Å². The van der Waals surface area contributed by atoms with E-state index in [2.05, 4.69) is 19.2 Å². The monoisotopic (exact) mass is 764 g/mol. The molecule has 0 bridgehead atoms. The van der Waals surface area contributed by atoms with Gasteiger partial charge in [0.25, 0.3) is 0 Å². The average Bonchev–Trinajstić information content (AvgIpc) is 3.17. The number of carbonyl (C=O) groups excluding carboxylic acids is 2. The zero-order valence-electron chi connectivity index (χ0n) is 36.2.